The molecule has 1 aromatic heterocycles. The van der Waals surface area contributed by atoms with Crippen LogP contribution in [0, 0.1) is 12.8 Å². The zero-order valence-corrected chi connectivity index (χ0v) is 15.7. The highest BCUT2D eigenvalue weighted by molar-refractivity contribution is 5.99. The minimum absolute atomic E-state index is 0.166. The van der Waals surface area contributed by atoms with Crippen LogP contribution in [0.25, 0.3) is 11.0 Å². The highest BCUT2D eigenvalue weighted by atomic mass is 16.6. The second-order valence-corrected chi connectivity index (χ2v) is 7.15. The van der Waals surface area contributed by atoms with E-state index in [-0.39, 0.29) is 17.9 Å². The third-order valence-electron chi connectivity index (χ3n) is 4.93. The fourth-order valence-corrected chi connectivity index (χ4v) is 3.49. The summed E-state index contributed by atoms with van der Waals surface area (Å²) < 4.78 is 17.1. The molecule has 0 spiro atoms. The van der Waals surface area contributed by atoms with Crippen LogP contribution >= 0.6 is 0 Å². The van der Waals surface area contributed by atoms with Crippen LogP contribution in [0.2, 0.25) is 0 Å². The molecule has 0 unspecified atom stereocenters. The molecule has 1 amide bonds. The molecule has 0 radical (unpaired) electrons. The highest BCUT2D eigenvalue weighted by Gasteiger charge is 2.25. The number of carbonyl (C=O) groups is 1. The van der Waals surface area contributed by atoms with E-state index in [0.717, 1.165) is 33.6 Å². The quantitative estimate of drug-likeness (QED) is 0.732. The Morgan fingerprint density at radius 3 is 2.52 bits per heavy atom. The first-order valence-corrected chi connectivity index (χ1v) is 9.23. The average Bonchev–Trinajstić information content (AvgIpc) is 3.02. The van der Waals surface area contributed by atoms with Gasteiger partial charge in [0.05, 0.1) is 6.04 Å². The van der Waals surface area contributed by atoms with E-state index in [4.69, 9.17) is 13.9 Å². The van der Waals surface area contributed by atoms with E-state index in [9.17, 15) is 4.79 Å². The number of nitrogens with one attached hydrogen (secondary N) is 1. The smallest absolute Gasteiger partial charge is 0.287 e. The van der Waals surface area contributed by atoms with Gasteiger partial charge in [0.2, 0.25) is 0 Å². The van der Waals surface area contributed by atoms with E-state index in [0.29, 0.717) is 19.0 Å². The summed E-state index contributed by atoms with van der Waals surface area (Å²) >= 11 is 0. The van der Waals surface area contributed by atoms with Crippen molar-refractivity contribution in [2.24, 2.45) is 5.92 Å². The number of carbonyl (C=O) groups excluding carboxylic acids is 1. The minimum Gasteiger partial charge on any atom is -0.486 e. The SMILES string of the molecule is Cc1c(C(=O)N[C@@H](c2ccc3c(c2)OCCO3)C(C)C)oc2ccccc12. The van der Waals surface area contributed by atoms with Gasteiger partial charge in [-0.05, 0) is 36.6 Å². The Labute approximate surface area is 158 Å². The molecule has 0 saturated heterocycles. The Balaban J connectivity index is 1.63. The molecular weight excluding hydrogens is 342 g/mol. The van der Waals surface area contributed by atoms with E-state index in [1.54, 1.807) is 0 Å². The van der Waals surface area contributed by atoms with E-state index in [2.05, 4.69) is 19.2 Å². The number of amides is 1. The van der Waals surface area contributed by atoms with Crippen molar-refractivity contribution in [1.29, 1.82) is 0 Å². The van der Waals surface area contributed by atoms with Crippen LogP contribution in [0.4, 0.5) is 0 Å². The minimum atomic E-state index is -0.211. The van der Waals surface area contributed by atoms with E-state index < -0.39 is 0 Å². The molecule has 0 saturated carbocycles. The number of para-hydroxylation sites is 1. The average molecular weight is 365 g/mol. The zero-order valence-electron chi connectivity index (χ0n) is 15.7. The summed E-state index contributed by atoms with van der Waals surface area (Å²) in [7, 11) is 0. The lowest BCUT2D eigenvalue weighted by atomic mass is 9.95. The summed E-state index contributed by atoms with van der Waals surface area (Å²) in [6.45, 7) is 7.16. The first kappa shape index (κ1) is 17.5. The number of rotatable bonds is 4. The van der Waals surface area contributed by atoms with Crippen molar-refractivity contribution in [2.45, 2.75) is 26.8 Å². The standard InChI is InChI=1S/C22H23NO4/c1-13(2)20(15-8-9-18-19(12-15)26-11-10-25-18)23-22(24)21-14(3)16-6-4-5-7-17(16)27-21/h4-9,12-13,20H,10-11H2,1-3H3,(H,23,24)/t20-/m1/s1. The van der Waals surface area contributed by atoms with Gasteiger partial charge in [0.15, 0.2) is 17.3 Å². The number of hydrogen-bond donors (Lipinski definition) is 1. The van der Waals surface area contributed by atoms with Gasteiger partial charge < -0.3 is 19.2 Å². The zero-order chi connectivity index (χ0) is 19.0. The van der Waals surface area contributed by atoms with E-state index in [1.807, 2.05) is 49.4 Å². The molecule has 4 rings (SSSR count). The van der Waals surface area contributed by atoms with Crippen molar-refractivity contribution in [3.05, 3.63) is 59.4 Å². The Kier molecular flexibility index (Phi) is 4.52. The molecule has 1 N–H and O–H groups in total. The molecule has 2 aromatic carbocycles. The van der Waals surface area contributed by atoms with Gasteiger partial charge >= 0.3 is 0 Å². The largest absolute Gasteiger partial charge is 0.486 e. The number of furan rings is 1. The molecule has 1 aliphatic heterocycles. The third-order valence-corrected chi connectivity index (χ3v) is 4.93. The molecule has 2 heterocycles. The molecular formula is C22H23NO4. The van der Waals surface area contributed by atoms with Crippen LogP contribution in [-0.4, -0.2) is 19.1 Å². The second kappa shape index (κ2) is 6.99. The van der Waals surface area contributed by atoms with Gasteiger partial charge in [0.1, 0.15) is 18.8 Å². The summed E-state index contributed by atoms with van der Waals surface area (Å²) in [4.78, 5) is 13.0. The van der Waals surface area contributed by atoms with Crippen LogP contribution in [0.15, 0.2) is 46.9 Å². The van der Waals surface area contributed by atoms with Crippen molar-refractivity contribution in [1.82, 2.24) is 5.32 Å². The molecule has 0 aliphatic carbocycles. The summed E-state index contributed by atoms with van der Waals surface area (Å²) in [6.07, 6.45) is 0. The topological polar surface area (TPSA) is 60.7 Å². The Hall–Kier alpha value is -2.95. The maximum absolute atomic E-state index is 13.0. The molecule has 5 nitrogen and oxygen atoms in total. The summed E-state index contributed by atoms with van der Waals surface area (Å²) in [5, 5.41) is 4.09. The van der Waals surface area contributed by atoms with Crippen molar-refractivity contribution in [2.75, 3.05) is 13.2 Å². The normalized spacial score (nSPS) is 14.4. The maximum atomic E-state index is 13.0. The fourth-order valence-electron chi connectivity index (χ4n) is 3.49. The van der Waals surface area contributed by atoms with Crippen molar-refractivity contribution in [3.8, 4) is 11.5 Å². The molecule has 1 atom stereocenters. The van der Waals surface area contributed by atoms with Gasteiger partial charge in [0.25, 0.3) is 5.91 Å². The number of ether oxygens (including phenoxy) is 2. The van der Waals surface area contributed by atoms with Gasteiger partial charge in [-0.15, -0.1) is 0 Å². The first-order chi connectivity index (χ1) is 13.0. The lowest BCUT2D eigenvalue weighted by Crippen LogP contribution is -2.32. The monoisotopic (exact) mass is 365 g/mol. The van der Waals surface area contributed by atoms with Crippen LogP contribution in [0.5, 0.6) is 11.5 Å². The van der Waals surface area contributed by atoms with Crippen LogP contribution in [0.3, 0.4) is 0 Å². The molecule has 0 bridgehead atoms. The van der Waals surface area contributed by atoms with E-state index in [1.165, 1.54) is 0 Å². The lowest BCUT2D eigenvalue weighted by molar-refractivity contribution is 0.0898. The van der Waals surface area contributed by atoms with Crippen molar-refractivity contribution >= 4 is 16.9 Å². The molecule has 27 heavy (non-hydrogen) atoms. The van der Waals surface area contributed by atoms with Gasteiger partial charge in [-0.2, -0.15) is 0 Å². The van der Waals surface area contributed by atoms with Gasteiger partial charge in [-0.3, -0.25) is 4.79 Å². The lowest BCUT2D eigenvalue weighted by Gasteiger charge is -2.25. The third kappa shape index (κ3) is 3.25. The molecule has 3 aromatic rings. The highest BCUT2D eigenvalue weighted by Crippen LogP contribution is 2.35. The van der Waals surface area contributed by atoms with Gasteiger partial charge in [0, 0.05) is 10.9 Å². The van der Waals surface area contributed by atoms with Crippen LogP contribution in [0.1, 0.15) is 41.6 Å². The fraction of sp³-hybridized carbons (Fsp3) is 0.318. The van der Waals surface area contributed by atoms with Crippen LogP contribution in [-0.2, 0) is 0 Å². The van der Waals surface area contributed by atoms with Crippen molar-refractivity contribution in [3.63, 3.8) is 0 Å². The van der Waals surface area contributed by atoms with E-state index >= 15 is 0 Å². The summed E-state index contributed by atoms with van der Waals surface area (Å²) in [6, 6.07) is 13.3. The number of hydrogen-bond acceptors (Lipinski definition) is 4. The molecule has 140 valence electrons. The van der Waals surface area contributed by atoms with Crippen LogP contribution < -0.4 is 14.8 Å². The number of aryl methyl sites for hydroxylation is 1. The number of benzene rings is 2. The summed E-state index contributed by atoms with van der Waals surface area (Å²) in [5.41, 5.74) is 2.56. The Bertz CT molecular complexity index is 989. The number of fused-ring (bicyclic) bond motifs is 2. The van der Waals surface area contributed by atoms with Crippen molar-refractivity contribution < 1.29 is 18.7 Å². The predicted octanol–water partition coefficient (Wildman–Crippen LogP) is 4.64. The predicted molar refractivity (Wildman–Crippen MR) is 103 cm³/mol. The molecule has 1 aliphatic rings. The molecule has 0 fully saturated rings. The Morgan fingerprint density at radius 2 is 1.78 bits per heavy atom. The Morgan fingerprint density at radius 1 is 1.04 bits per heavy atom. The van der Waals surface area contributed by atoms with Gasteiger partial charge in [-0.1, -0.05) is 38.1 Å². The summed E-state index contributed by atoms with van der Waals surface area (Å²) in [5.74, 6) is 1.81. The van der Waals surface area contributed by atoms with Gasteiger partial charge in [-0.25, -0.2) is 0 Å². The maximum Gasteiger partial charge on any atom is 0.287 e. The second-order valence-electron chi connectivity index (χ2n) is 7.15. The molecule has 5 heteroatoms. The first-order valence-electron chi connectivity index (χ1n) is 9.23.